The van der Waals surface area contributed by atoms with Gasteiger partial charge in [-0.3, -0.25) is 14.6 Å². The summed E-state index contributed by atoms with van der Waals surface area (Å²) in [5.41, 5.74) is 5.45. The maximum Gasteiger partial charge on any atom is 0.268 e. The van der Waals surface area contributed by atoms with Crippen LogP contribution >= 0.6 is 0 Å². The maximum atomic E-state index is 13.3. The van der Waals surface area contributed by atoms with Crippen molar-refractivity contribution in [1.29, 1.82) is 0 Å². The van der Waals surface area contributed by atoms with E-state index in [-0.39, 0.29) is 5.56 Å². The van der Waals surface area contributed by atoms with E-state index in [1.807, 2.05) is 77.7 Å². The van der Waals surface area contributed by atoms with Gasteiger partial charge in [0.15, 0.2) is 0 Å². The number of nitrogens with one attached hydrogen (secondary N) is 1. The third kappa shape index (κ3) is 3.98. The highest BCUT2D eigenvalue weighted by Gasteiger charge is 2.18. The predicted octanol–water partition coefficient (Wildman–Crippen LogP) is 4.46. The van der Waals surface area contributed by atoms with Crippen LogP contribution in [0.3, 0.4) is 0 Å². The van der Waals surface area contributed by atoms with Crippen molar-refractivity contribution in [2.75, 3.05) is 16.9 Å². The lowest BCUT2D eigenvalue weighted by atomic mass is 10.2. The van der Waals surface area contributed by atoms with Crippen LogP contribution in [0.1, 0.15) is 5.56 Å². The van der Waals surface area contributed by atoms with Crippen molar-refractivity contribution in [1.82, 2.24) is 9.38 Å². The second-order valence-corrected chi connectivity index (χ2v) is 6.55. The number of pyridine rings is 1. The Kier molecular flexibility index (Phi) is 5.66. The lowest BCUT2D eigenvalue weighted by Crippen LogP contribution is -2.27. The predicted molar refractivity (Wildman–Crippen MR) is 123 cm³/mol. The Morgan fingerprint density at radius 2 is 1.70 bits per heavy atom. The molecule has 0 atom stereocenters. The van der Waals surface area contributed by atoms with Crippen molar-refractivity contribution >= 4 is 29.1 Å². The highest BCUT2D eigenvalue weighted by atomic mass is 16.1. The SMILES string of the molecule is C=CCN(c1ccccc1)c1nc2ccccn2c(=O)c1/C=N/Nc1ccccc1. The summed E-state index contributed by atoms with van der Waals surface area (Å²) in [5, 5.41) is 4.30. The number of hydrogen-bond donors (Lipinski definition) is 1. The Hall–Kier alpha value is -4.19. The van der Waals surface area contributed by atoms with Gasteiger partial charge in [-0.15, -0.1) is 6.58 Å². The zero-order valence-electron chi connectivity index (χ0n) is 16.3. The minimum Gasteiger partial charge on any atom is -0.322 e. The molecule has 0 aliphatic heterocycles. The standard InChI is InChI=1S/C24H21N5O/c1-2-16-28(20-13-7-4-8-14-20)23-21(18-25-27-19-11-5-3-6-12-19)24(30)29-17-10-9-15-22(29)26-23/h2-15,17-18,27H,1,16H2/b25-18+. The van der Waals surface area contributed by atoms with Gasteiger partial charge in [0, 0.05) is 18.4 Å². The summed E-state index contributed by atoms with van der Waals surface area (Å²) < 4.78 is 1.52. The van der Waals surface area contributed by atoms with E-state index in [9.17, 15) is 4.79 Å². The lowest BCUT2D eigenvalue weighted by molar-refractivity contribution is 0.987. The van der Waals surface area contributed by atoms with Crippen LogP contribution in [0.2, 0.25) is 0 Å². The molecule has 30 heavy (non-hydrogen) atoms. The molecule has 4 rings (SSSR count). The average Bonchev–Trinajstić information content (AvgIpc) is 2.80. The second-order valence-electron chi connectivity index (χ2n) is 6.55. The average molecular weight is 395 g/mol. The van der Waals surface area contributed by atoms with Gasteiger partial charge in [0.1, 0.15) is 17.0 Å². The Labute approximate surface area is 174 Å². The molecule has 0 amide bonds. The van der Waals surface area contributed by atoms with Crippen molar-refractivity contribution in [2.24, 2.45) is 5.10 Å². The van der Waals surface area contributed by atoms with E-state index in [2.05, 4.69) is 17.1 Å². The molecule has 0 radical (unpaired) electrons. The normalized spacial score (nSPS) is 10.9. The molecule has 2 heterocycles. The van der Waals surface area contributed by atoms with Crippen molar-refractivity contribution in [3.63, 3.8) is 0 Å². The molecule has 6 nitrogen and oxygen atoms in total. The first-order valence-corrected chi connectivity index (χ1v) is 9.57. The monoisotopic (exact) mass is 395 g/mol. The highest BCUT2D eigenvalue weighted by molar-refractivity contribution is 5.89. The first-order valence-electron chi connectivity index (χ1n) is 9.57. The summed E-state index contributed by atoms with van der Waals surface area (Å²) in [6, 6.07) is 24.8. The Bertz CT molecular complexity index is 1230. The third-order valence-electron chi connectivity index (χ3n) is 4.55. The summed E-state index contributed by atoms with van der Waals surface area (Å²) in [6.07, 6.45) is 5.01. The largest absolute Gasteiger partial charge is 0.322 e. The van der Waals surface area contributed by atoms with Crippen molar-refractivity contribution < 1.29 is 0 Å². The van der Waals surface area contributed by atoms with E-state index in [0.29, 0.717) is 23.6 Å². The van der Waals surface area contributed by atoms with E-state index < -0.39 is 0 Å². The molecule has 4 aromatic rings. The fourth-order valence-corrected chi connectivity index (χ4v) is 3.15. The molecule has 2 aromatic carbocycles. The lowest BCUT2D eigenvalue weighted by Gasteiger charge is -2.24. The van der Waals surface area contributed by atoms with Crippen LogP contribution in [0.5, 0.6) is 0 Å². The fraction of sp³-hybridized carbons (Fsp3) is 0.0417. The van der Waals surface area contributed by atoms with Crippen LogP contribution in [-0.2, 0) is 0 Å². The number of anilines is 3. The van der Waals surface area contributed by atoms with Gasteiger partial charge < -0.3 is 4.90 Å². The maximum absolute atomic E-state index is 13.3. The quantitative estimate of drug-likeness (QED) is 0.285. The number of fused-ring (bicyclic) bond motifs is 1. The van der Waals surface area contributed by atoms with Crippen LogP contribution < -0.4 is 15.9 Å². The van der Waals surface area contributed by atoms with E-state index in [1.165, 1.54) is 10.6 Å². The zero-order valence-corrected chi connectivity index (χ0v) is 16.3. The van der Waals surface area contributed by atoms with Gasteiger partial charge in [-0.25, -0.2) is 4.98 Å². The van der Waals surface area contributed by atoms with Crippen molar-refractivity contribution in [3.8, 4) is 0 Å². The number of hydrogen-bond acceptors (Lipinski definition) is 5. The minimum absolute atomic E-state index is 0.195. The second kappa shape index (κ2) is 8.87. The Balaban J connectivity index is 1.85. The molecule has 2 aromatic heterocycles. The van der Waals surface area contributed by atoms with Gasteiger partial charge in [-0.05, 0) is 36.4 Å². The molecule has 0 aliphatic rings. The number of benzene rings is 2. The topological polar surface area (TPSA) is 62.0 Å². The summed E-state index contributed by atoms with van der Waals surface area (Å²) >= 11 is 0. The molecular formula is C24H21N5O. The number of hydrazone groups is 1. The number of nitrogens with zero attached hydrogens (tertiary/aromatic N) is 4. The first kappa shape index (κ1) is 19.1. The van der Waals surface area contributed by atoms with Crippen LogP contribution in [0.15, 0.2) is 108 Å². The third-order valence-corrected chi connectivity index (χ3v) is 4.55. The molecule has 1 N–H and O–H groups in total. The van der Waals surface area contributed by atoms with Gasteiger partial charge in [-0.2, -0.15) is 5.10 Å². The van der Waals surface area contributed by atoms with Crippen LogP contribution in [0, 0.1) is 0 Å². The van der Waals surface area contributed by atoms with Crippen LogP contribution in [-0.4, -0.2) is 22.1 Å². The van der Waals surface area contributed by atoms with Crippen LogP contribution in [0.4, 0.5) is 17.2 Å². The smallest absolute Gasteiger partial charge is 0.268 e. The molecule has 0 saturated heterocycles. The van der Waals surface area contributed by atoms with Gasteiger partial charge in [0.05, 0.1) is 11.9 Å². The van der Waals surface area contributed by atoms with Gasteiger partial charge in [-0.1, -0.05) is 48.5 Å². The molecule has 6 heteroatoms. The molecule has 0 unspecified atom stereocenters. The van der Waals surface area contributed by atoms with Gasteiger partial charge in [0.2, 0.25) is 0 Å². The van der Waals surface area contributed by atoms with Gasteiger partial charge in [0.25, 0.3) is 5.56 Å². The Morgan fingerprint density at radius 1 is 1.00 bits per heavy atom. The van der Waals surface area contributed by atoms with Crippen molar-refractivity contribution in [2.45, 2.75) is 0 Å². The zero-order chi connectivity index (χ0) is 20.8. The molecule has 0 aliphatic carbocycles. The molecule has 0 fully saturated rings. The summed E-state index contributed by atoms with van der Waals surface area (Å²) in [5.74, 6) is 0.524. The van der Waals surface area contributed by atoms with Gasteiger partial charge >= 0.3 is 0 Å². The number of para-hydroxylation sites is 2. The molecular weight excluding hydrogens is 374 g/mol. The molecule has 0 spiro atoms. The van der Waals surface area contributed by atoms with E-state index in [0.717, 1.165) is 11.4 Å². The summed E-state index contributed by atoms with van der Waals surface area (Å²) in [4.78, 5) is 20.0. The first-order chi connectivity index (χ1) is 14.8. The van der Waals surface area contributed by atoms with E-state index in [4.69, 9.17) is 4.98 Å². The van der Waals surface area contributed by atoms with Crippen molar-refractivity contribution in [3.05, 3.63) is 114 Å². The minimum atomic E-state index is -0.195. The van der Waals surface area contributed by atoms with E-state index >= 15 is 0 Å². The van der Waals surface area contributed by atoms with E-state index in [1.54, 1.807) is 18.3 Å². The molecule has 0 bridgehead atoms. The highest BCUT2D eigenvalue weighted by Crippen LogP contribution is 2.25. The Morgan fingerprint density at radius 3 is 2.43 bits per heavy atom. The fourth-order valence-electron chi connectivity index (χ4n) is 3.15. The molecule has 0 saturated carbocycles. The summed E-state index contributed by atoms with van der Waals surface area (Å²) in [6.45, 7) is 4.36. The summed E-state index contributed by atoms with van der Waals surface area (Å²) in [7, 11) is 0. The number of rotatable bonds is 7. The molecule has 148 valence electrons. The van der Waals surface area contributed by atoms with Crippen LogP contribution in [0.25, 0.3) is 5.65 Å². The number of aromatic nitrogens is 2.